The molecule has 96 valence electrons. The summed E-state index contributed by atoms with van der Waals surface area (Å²) in [4.78, 5) is 0. The van der Waals surface area contributed by atoms with Crippen LogP contribution in [0.3, 0.4) is 0 Å². The molecule has 16 heavy (non-hydrogen) atoms. The quantitative estimate of drug-likeness (QED) is 0.666. The van der Waals surface area contributed by atoms with Crippen LogP contribution in [0.4, 0.5) is 13.2 Å². The zero-order valence-corrected chi connectivity index (χ0v) is 9.95. The smallest absolute Gasteiger partial charge is 0.315 e. The molecule has 0 aromatic heterocycles. The third kappa shape index (κ3) is 3.94. The molecule has 0 aromatic rings. The highest BCUT2D eigenvalue weighted by atomic mass is 19.4. The lowest BCUT2D eigenvalue weighted by molar-refractivity contribution is -0.165. The Kier molecular flexibility index (Phi) is 4.62. The highest BCUT2D eigenvalue weighted by Crippen LogP contribution is 2.48. The number of nitrogens with one attached hydrogen (secondary N) is 2. The Bertz CT molecular complexity index is 210. The molecule has 5 heteroatoms. The maximum Gasteiger partial charge on any atom is 0.406 e. The van der Waals surface area contributed by atoms with Gasteiger partial charge in [0.2, 0.25) is 0 Å². The third-order valence-corrected chi connectivity index (χ3v) is 2.91. The summed E-state index contributed by atoms with van der Waals surface area (Å²) in [6.07, 6.45) is -1.90. The zero-order chi connectivity index (χ0) is 12.2. The first-order valence-corrected chi connectivity index (χ1v) is 5.92. The van der Waals surface area contributed by atoms with E-state index < -0.39 is 11.7 Å². The monoisotopic (exact) mass is 238 g/mol. The molecule has 0 radical (unpaired) electrons. The lowest BCUT2D eigenvalue weighted by Gasteiger charge is -2.20. The molecular formula is C11H21F3N2. The molecule has 0 aromatic carbocycles. The van der Waals surface area contributed by atoms with E-state index in [1.165, 1.54) is 0 Å². The molecule has 0 saturated heterocycles. The molecule has 1 aliphatic carbocycles. The largest absolute Gasteiger partial charge is 0.406 e. The molecule has 2 nitrogen and oxygen atoms in total. The van der Waals surface area contributed by atoms with Gasteiger partial charge in [0.05, 0.1) is 0 Å². The van der Waals surface area contributed by atoms with Gasteiger partial charge < -0.3 is 10.6 Å². The summed E-state index contributed by atoms with van der Waals surface area (Å²) in [6, 6.07) is 0.443. The molecule has 1 saturated carbocycles. The number of halogens is 3. The minimum atomic E-state index is -4.08. The lowest BCUT2D eigenvalue weighted by atomic mass is 10.2. The van der Waals surface area contributed by atoms with E-state index in [0.29, 0.717) is 12.6 Å². The van der Waals surface area contributed by atoms with E-state index in [4.69, 9.17) is 0 Å². The molecule has 0 unspecified atom stereocenters. The molecule has 0 bridgehead atoms. The van der Waals surface area contributed by atoms with Gasteiger partial charge in [0.25, 0.3) is 0 Å². The van der Waals surface area contributed by atoms with Gasteiger partial charge in [-0.05, 0) is 38.8 Å². The third-order valence-electron chi connectivity index (χ3n) is 2.91. The van der Waals surface area contributed by atoms with Crippen LogP contribution in [0.25, 0.3) is 0 Å². The van der Waals surface area contributed by atoms with E-state index in [1.54, 1.807) is 0 Å². The van der Waals surface area contributed by atoms with Crippen molar-refractivity contribution in [2.24, 2.45) is 0 Å². The first-order valence-electron chi connectivity index (χ1n) is 5.92. The first-order chi connectivity index (χ1) is 7.37. The van der Waals surface area contributed by atoms with Crippen molar-refractivity contribution in [3.8, 4) is 0 Å². The Hall–Kier alpha value is -0.290. The fraction of sp³-hybridized carbons (Fsp3) is 1.00. The zero-order valence-electron chi connectivity index (χ0n) is 9.95. The van der Waals surface area contributed by atoms with Gasteiger partial charge in [0.1, 0.15) is 5.54 Å². The van der Waals surface area contributed by atoms with E-state index >= 15 is 0 Å². The van der Waals surface area contributed by atoms with Crippen molar-refractivity contribution in [2.75, 3.05) is 13.1 Å². The van der Waals surface area contributed by atoms with Crippen molar-refractivity contribution in [1.82, 2.24) is 10.6 Å². The summed E-state index contributed by atoms with van der Waals surface area (Å²) < 4.78 is 37.5. The molecule has 0 aliphatic heterocycles. The van der Waals surface area contributed by atoms with Crippen LogP contribution in [0.5, 0.6) is 0 Å². The summed E-state index contributed by atoms with van der Waals surface area (Å²) in [7, 11) is 0. The standard InChI is InChI=1S/C11H21F3N2/c1-9(2)15-7-3-4-8-16-10(5-6-10)11(12,13)14/h9,15-16H,3-8H2,1-2H3. The normalized spacial score (nSPS) is 19.1. The Morgan fingerprint density at radius 3 is 2.12 bits per heavy atom. The van der Waals surface area contributed by atoms with Gasteiger partial charge in [0.15, 0.2) is 0 Å². The van der Waals surface area contributed by atoms with Crippen molar-refractivity contribution in [2.45, 2.75) is 57.3 Å². The molecule has 1 rings (SSSR count). The van der Waals surface area contributed by atoms with Gasteiger partial charge in [-0.15, -0.1) is 0 Å². The Morgan fingerprint density at radius 2 is 1.69 bits per heavy atom. The molecule has 0 spiro atoms. The summed E-state index contributed by atoms with van der Waals surface area (Å²) in [5, 5.41) is 5.88. The second kappa shape index (κ2) is 5.36. The molecular weight excluding hydrogens is 217 g/mol. The molecule has 1 fully saturated rings. The van der Waals surface area contributed by atoms with E-state index in [1.807, 2.05) is 0 Å². The maximum atomic E-state index is 12.5. The van der Waals surface area contributed by atoms with Crippen LogP contribution < -0.4 is 10.6 Å². The number of hydrogen-bond donors (Lipinski definition) is 2. The minimum Gasteiger partial charge on any atom is -0.315 e. The maximum absolute atomic E-state index is 12.5. The number of hydrogen-bond acceptors (Lipinski definition) is 2. The predicted octanol–water partition coefficient (Wildman–Crippen LogP) is 2.45. The number of rotatable bonds is 7. The second-order valence-electron chi connectivity index (χ2n) is 4.82. The second-order valence-corrected chi connectivity index (χ2v) is 4.82. The van der Waals surface area contributed by atoms with E-state index in [2.05, 4.69) is 24.5 Å². The van der Waals surface area contributed by atoms with Crippen LogP contribution in [-0.4, -0.2) is 30.8 Å². The number of alkyl halides is 3. The van der Waals surface area contributed by atoms with Crippen LogP contribution in [0.2, 0.25) is 0 Å². The molecule has 1 aliphatic rings. The van der Waals surface area contributed by atoms with E-state index in [9.17, 15) is 13.2 Å². The lowest BCUT2D eigenvalue weighted by Crippen LogP contribution is -2.45. The van der Waals surface area contributed by atoms with Gasteiger partial charge in [-0.2, -0.15) is 13.2 Å². The van der Waals surface area contributed by atoms with Crippen molar-refractivity contribution in [1.29, 1.82) is 0 Å². The summed E-state index contributed by atoms with van der Waals surface area (Å²) in [6.45, 7) is 5.44. The van der Waals surface area contributed by atoms with Crippen LogP contribution >= 0.6 is 0 Å². The molecule has 0 atom stereocenters. The van der Waals surface area contributed by atoms with Crippen LogP contribution in [0.15, 0.2) is 0 Å². The Morgan fingerprint density at radius 1 is 1.12 bits per heavy atom. The van der Waals surface area contributed by atoms with Crippen molar-refractivity contribution in [3.05, 3.63) is 0 Å². The predicted molar refractivity (Wildman–Crippen MR) is 58.4 cm³/mol. The summed E-state index contributed by atoms with van der Waals surface area (Å²) >= 11 is 0. The van der Waals surface area contributed by atoms with Gasteiger partial charge in [-0.3, -0.25) is 0 Å². The van der Waals surface area contributed by atoms with Gasteiger partial charge >= 0.3 is 6.18 Å². The minimum absolute atomic E-state index is 0.237. The van der Waals surface area contributed by atoms with E-state index in [0.717, 1.165) is 19.4 Å². The molecule has 2 N–H and O–H groups in total. The fourth-order valence-electron chi connectivity index (χ4n) is 1.65. The fourth-order valence-corrected chi connectivity index (χ4v) is 1.65. The average Bonchev–Trinajstić information content (AvgIpc) is 2.90. The van der Waals surface area contributed by atoms with Gasteiger partial charge in [-0.25, -0.2) is 0 Å². The Labute approximate surface area is 95.0 Å². The molecule has 0 amide bonds. The summed E-state index contributed by atoms with van der Waals surface area (Å²) in [5.41, 5.74) is -1.54. The Balaban J connectivity index is 2.04. The van der Waals surface area contributed by atoms with Crippen LogP contribution in [0.1, 0.15) is 39.5 Å². The summed E-state index contributed by atoms with van der Waals surface area (Å²) in [5.74, 6) is 0. The van der Waals surface area contributed by atoms with Gasteiger partial charge in [-0.1, -0.05) is 13.8 Å². The first kappa shape index (κ1) is 13.8. The van der Waals surface area contributed by atoms with Crippen molar-refractivity contribution in [3.63, 3.8) is 0 Å². The number of unbranched alkanes of at least 4 members (excludes halogenated alkanes) is 1. The van der Waals surface area contributed by atoms with Gasteiger partial charge in [0, 0.05) is 6.04 Å². The van der Waals surface area contributed by atoms with E-state index in [-0.39, 0.29) is 12.8 Å². The SMILES string of the molecule is CC(C)NCCCCNC1(C(F)(F)F)CC1. The molecule has 0 heterocycles. The topological polar surface area (TPSA) is 24.1 Å². The van der Waals surface area contributed by atoms with Crippen molar-refractivity contribution >= 4 is 0 Å². The van der Waals surface area contributed by atoms with Crippen LogP contribution in [0, 0.1) is 0 Å². The van der Waals surface area contributed by atoms with Crippen molar-refractivity contribution < 1.29 is 13.2 Å². The highest BCUT2D eigenvalue weighted by molar-refractivity contribution is 5.07. The van der Waals surface area contributed by atoms with Crippen LogP contribution in [-0.2, 0) is 0 Å². The average molecular weight is 238 g/mol. The highest BCUT2D eigenvalue weighted by Gasteiger charge is 2.62.